The van der Waals surface area contributed by atoms with Crippen LogP contribution in [-0.4, -0.2) is 22.9 Å². The number of hydrogen-bond donors (Lipinski definition) is 1. The van der Waals surface area contributed by atoms with E-state index in [1.54, 1.807) is 0 Å². The lowest BCUT2D eigenvalue weighted by Crippen LogP contribution is -2.59. The predicted octanol–water partition coefficient (Wildman–Crippen LogP) is 3.75. The van der Waals surface area contributed by atoms with Gasteiger partial charge in [-0.3, -0.25) is 10.1 Å². The van der Waals surface area contributed by atoms with Crippen LogP contribution in [0.4, 0.5) is 0 Å². The molecule has 0 radical (unpaired) electrons. The number of nitrogens with one attached hydrogen (secondary N) is 1. The fourth-order valence-electron chi connectivity index (χ4n) is 3.64. The largest absolute Gasteiger partial charge is 0.310 e. The predicted molar refractivity (Wildman–Crippen MR) is 93.2 cm³/mol. The third-order valence-corrected chi connectivity index (χ3v) is 4.33. The molecule has 120 valence electrons. The highest BCUT2D eigenvalue weighted by molar-refractivity contribution is 6.00. The molecule has 3 heteroatoms. The summed E-state index contributed by atoms with van der Waals surface area (Å²) in [6.45, 7) is 8.39. The zero-order valence-corrected chi connectivity index (χ0v) is 14.2. The van der Waals surface area contributed by atoms with Crippen molar-refractivity contribution in [3.8, 4) is 0 Å². The Kier molecular flexibility index (Phi) is 3.99. The maximum Gasteiger partial charge on any atom is 0.256 e. The molecule has 1 amide bonds. The van der Waals surface area contributed by atoms with E-state index in [0.717, 1.165) is 16.7 Å². The van der Waals surface area contributed by atoms with Crippen molar-refractivity contribution in [1.29, 1.82) is 0 Å². The minimum absolute atomic E-state index is 0.0846. The third-order valence-electron chi connectivity index (χ3n) is 4.33. The molecule has 0 spiro atoms. The van der Waals surface area contributed by atoms with E-state index >= 15 is 0 Å². The average molecular weight is 308 g/mol. The van der Waals surface area contributed by atoms with E-state index in [9.17, 15) is 4.79 Å². The van der Waals surface area contributed by atoms with E-state index in [1.807, 2.05) is 41.3 Å². The van der Waals surface area contributed by atoms with E-state index in [4.69, 9.17) is 0 Å². The number of fused-ring (bicyclic) bond motifs is 1. The first-order chi connectivity index (χ1) is 11.0. The van der Waals surface area contributed by atoms with Gasteiger partial charge in [-0.2, -0.15) is 0 Å². The van der Waals surface area contributed by atoms with Crippen LogP contribution >= 0.6 is 0 Å². The van der Waals surface area contributed by atoms with Gasteiger partial charge in [0, 0.05) is 23.2 Å². The van der Waals surface area contributed by atoms with Gasteiger partial charge in [0.2, 0.25) is 0 Å². The summed E-state index contributed by atoms with van der Waals surface area (Å²) in [5.74, 6) is 0.0904. The van der Waals surface area contributed by atoms with E-state index in [1.165, 1.54) is 0 Å². The molecule has 1 atom stereocenters. The maximum absolute atomic E-state index is 13.1. The van der Waals surface area contributed by atoms with Crippen molar-refractivity contribution in [3.05, 3.63) is 71.3 Å². The Morgan fingerprint density at radius 1 is 0.913 bits per heavy atom. The van der Waals surface area contributed by atoms with Crippen molar-refractivity contribution in [1.82, 2.24) is 10.2 Å². The second-order valence-electron chi connectivity index (χ2n) is 6.69. The van der Waals surface area contributed by atoms with Crippen LogP contribution in [-0.2, 0) is 5.66 Å². The van der Waals surface area contributed by atoms with E-state index in [2.05, 4.69) is 51.2 Å². The van der Waals surface area contributed by atoms with Gasteiger partial charge in [-0.15, -0.1) is 0 Å². The molecule has 0 bridgehead atoms. The molecular weight excluding hydrogens is 284 g/mol. The molecule has 23 heavy (non-hydrogen) atoms. The minimum Gasteiger partial charge on any atom is -0.310 e. The molecule has 3 rings (SSSR count). The lowest BCUT2D eigenvalue weighted by atomic mass is 9.89. The number of amides is 1. The summed E-state index contributed by atoms with van der Waals surface area (Å²) in [7, 11) is 0. The van der Waals surface area contributed by atoms with E-state index in [0.29, 0.717) is 0 Å². The van der Waals surface area contributed by atoms with Crippen molar-refractivity contribution in [3.63, 3.8) is 0 Å². The highest BCUT2D eigenvalue weighted by Gasteiger charge is 2.51. The number of benzene rings is 2. The Labute approximate surface area is 138 Å². The SMILES string of the molecule is CC(C)NC1(c2ccccc2)c2ccccc2C(=O)N1C(C)C. The smallest absolute Gasteiger partial charge is 0.256 e. The topological polar surface area (TPSA) is 32.3 Å². The summed E-state index contributed by atoms with van der Waals surface area (Å²) in [5.41, 5.74) is 2.31. The second-order valence-corrected chi connectivity index (χ2v) is 6.69. The van der Waals surface area contributed by atoms with Crippen molar-refractivity contribution in [2.45, 2.75) is 45.4 Å². The van der Waals surface area contributed by atoms with Crippen LogP contribution in [0.5, 0.6) is 0 Å². The Bertz CT molecular complexity index is 709. The first-order valence-corrected chi connectivity index (χ1v) is 8.25. The van der Waals surface area contributed by atoms with Gasteiger partial charge in [0.25, 0.3) is 5.91 Å². The fourth-order valence-corrected chi connectivity index (χ4v) is 3.64. The molecule has 0 aromatic heterocycles. The van der Waals surface area contributed by atoms with E-state index in [-0.39, 0.29) is 18.0 Å². The molecule has 0 fully saturated rings. The van der Waals surface area contributed by atoms with Crippen LogP contribution in [0.15, 0.2) is 54.6 Å². The van der Waals surface area contributed by atoms with E-state index < -0.39 is 5.66 Å². The molecule has 2 aromatic carbocycles. The molecule has 1 aliphatic heterocycles. The van der Waals surface area contributed by atoms with Gasteiger partial charge in [-0.1, -0.05) is 48.5 Å². The fraction of sp³-hybridized carbons (Fsp3) is 0.350. The molecule has 2 aromatic rings. The normalized spacial score (nSPS) is 20.4. The summed E-state index contributed by atoms with van der Waals surface area (Å²) in [6.07, 6.45) is 0. The maximum atomic E-state index is 13.1. The van der Waals surface area contributed by atoms with Gasteiger partial charge in [0.1, 0.15) is 5.66 Å². The van der Waals surface area contributed by atoms with Crippen LogP contribution < -0.4 is 5.32 Å². The summed E-state index contributed by atoms with van der Waals surface area (Å²) in [4.78, 5) is 15.1. The number of rotatable bonds is 4. The highest BCUT2D eigenvalue weighted by atomic mass is 16.2. The molecular formula is C20H24N2O. The van der Waals surface area contributed by atoms with Gasteiger partial charge in [-0.05, 0) is 39.3 Å². The van der Waals surface area contributed by atoms with Crippen LogP contribution in [0.25, 0.3) is 0 Å². The lowest BCUT2D eigenvalue weighted by molar-refractivity contribution is 0.0419. The molecule has 0 saturated carbocycles. The van der Waals surface area contributed by atoms with Crippen LogP contribution in [0.2, 0.25) is 0 Å². The first-order valence-electron chi connectivity index (χ1n) is 8.25. The Balaban J connectivity index is 2.33. The van der Waals surface area contributed by atoms with Gasteiger partial charge in [-0.25, -0.2) is 0 Å². The molecule has 0 aliphatic carbocycles. The summed E-state index contributed by atoms with van der Waals surface area (Å²) < 4.78 is 0. The Hall–Kier alpha value is -2.13. The van der Waals surface area contributed by atoms with Gasteiger partial charge in [0.15, 0.2) is 0 Å². The third kappa shape index (κ3) is 2.36. The lowest BCUT2D eigenvalue weighted by Gasteiger charge is -2.44. The molecule has 1 heterocycles. The zero-order valence-electron chi connectivity index (χ0n) is 14.2. The molecule has 1 unspecified atom stereocenters. The Morgan fingerprint density at radius 3 is 2.13 bits per heavy atom. The Morgan fingerprint density at radius 2 is 1.52 bits per heavy atom. The first kappa shape index (κ1) is 15.8. The summed E-state index contributed by atoms with van der Waals surface area (Å²) >= 11 is 0. The minimum atomic E-state index is -0.614. The van der Waals surface area contributed by atoms with Gasteiger partial charge < -0.3 is 4.90 Å². The van der Waals surface area contributed by atoms with Crippen molar-refractivity contribution in [2.75, 3.05) is 0 Å². The zero-order chi connectivity index (χ0) is 16.6. The number of nitrogens with zero attached hydrogens (tertiary/aromatic N) is 1. The van der Waals surface area contributed by atoms with Crippen LogP contribution in [0.3, 0.4) is 0 Å². The summed E-state index contributed by atoms with van der Waals surface area (Å²) in [5, 5.41) is 3.69. The average Bonchev–Trinajstić information content (AvgIpc) is 2.78. The quantitative estimate of drug-likeness (QED) is 0.933. The monoisotopic (exact) mass is 308 g/mol. The molecule has 1 aliphatic rings. The molecule has 1 N–H and O–H groups in total. The standard InChI is InChI=1S/C20H24N2O/c1-14(2)21-20(16-10-6-5-7-11-16)18-13-9-8-12-17(18)19(23)22(20)15(3)4/h5-15,21H,1-4H3. The molecule has 3 nitrogen and oxygen atoms in total. The van der Waals surface area contributed by atoms with Gasteiger partial charge >= 0.3 is 0 Å². The van der Waals surface area contributed by atoms with Crippen LogP contribution in [0, 0.1) is 0 Å². The second kappa shape index (κ2) is 5.82. The summed E-state index contributed by atoms with van der Waals surface area (Å²) in [6, 6.07) is 18.5. The van der Waals surface area contributed by atoms with Gasteiger partial charge in [0.05, 0.1) is 0 Å². The van der Waals surface area contributed by atoms with Crippen LogP contribution in [0.1, 0.15) is 49.2 Å². The van der Waals surface area contributed by atoms with Crippen molar-refractivity contribution >= 4 is 5.91 Å². The highest BCUT2D eigenvalue weighted by Crippen LogP contribution is 2.43. The number of carbonyl (C=O) groups is 1. The van der Waals surface area contributed by atoms with Crippen molar-refractivity contribution in [2.24, 2.45) is 0 Å². The number of hydrogen-bond acceptors (Lipinski definition) is 2. The molecule has 0 saturated heterocycles. The van der Waals surface area contributed by atoms with Crippen molar-refractivity contribution < 1.29 is 4.79 Å². The number of carbonyl (C=O) groups excluding carboxylic acids is 1.